The lowest BCUT2D eigenvalue weighted by Crippen LogP contribution is -2.14. The van der Waals surface area contributed by atoms with Gasteiger partial charge in [-0.15, -0.1) is 0 Å². The smallest absolute Gasteiger partial charge is 0.0864 e. The Morgan fingerprint density at radius 2 is 1.67 bits per heavy atom. The molecule has 3 aromatic rings. The normalized spacial score (nSPS) is 16.5. The molecule has 0 saturated heterocycles. The van der Waals surface area contributed by atoms with Gasteiger partial charge in [0.05, 0.1) is 23.1 Å². The molecule has 1 heterocycles. The summed E-state index contributed by atoms with van der Waals surface area (Å²) in [6.45, 7) is 0. The number of fused-ring (bicyclic) bond motifs is 1. The maximum atomic E-state index is 4.95. The maximum Gasteiger partial charge on any atom is 0.0864 e. The third-order valence-electron chi connectivity index (χ3n) is 4.24. The molecule has 1 aliphatic rings. The third-order valence-corrected chi connectivity index (χ3v) is 4.74. The van der Waals surface area contributed by atoms with Crippen LogP contribution in [0.2, 0.25) is 0 Å². The van der Waals surface area contributed by atoms with E-state index < -0.39 is 0 Å². The van der Waals surface area contributed by atoms with E-state index >= 15 is 0 Å². The number of anilines is 1. The van der Waals surface area contributed by atoms with Gasteiger partial charge in [0.25, 0.3) is 0 Å². The van der Waals surface area contributed by atoms with Crippen molar-refractivity contribution in [2.45, 2.75) is 12.5 Å². The summed E-state index contributed by atoms with van der Waals surface area (Å²) >= 11 is 3.58. The van der Waals surface area contributed by atoms with E-state index in [4.69, 9.17) is 4.99 Å². The Balaban J connectivity index is 1.81. The zero-order valence-corrected chi connectivity index (χ0v) is 14.7. The Morgan fingerprint density at radius 1 is 0.875 bits per heavy atom. The standard InChI is InChI=1S/C21H17BrN2/c22-17-10-6-9-16(13-17)21-14-20(15-7-2-1-3-8-15)23-18-11-4-5-12-19(18)24-21/h1-13,21,24H,14H2. The van der Waals surface area contributed by atoms with E-state index in [1.165, 1.54) is 11.1 Å². The highest BCUT2D eigenvalue weighted by Crippen LogP contribution is 2.35. The second-order valence-electron chi connectivity index (χ2n) is 5.90. The Kier molecular flexibility index (Phi) is 4.18. The quantitative estimate of drug-likeness (QED) is 0.571. The predicted molar refractivity (Wildman–Crippen MR) is 104 cm³/mol. The van der Waals surface area contributed by atoms with Crippen LogP contribution in [0.25, 0.3) is 0 Å². The number of rotatable bonds is 2. The molecule has 0 bridgehead atoms. The minimum Gasteiger partial charge on any atom is -0.376 e. The fraction of sp³-hybridized carbons (Fsp3) is 0.0952. The molecular weight excluding hydrogens is 360 g/mol. The topological polar surface area (TPSA) is 24.4 Å². The Bertz CT molecular complexity index is 887. The van der Waals surface area contributed by atoms with Crippen molar-refractivity contribution in [3.8, 4) is 0 Å². The van der Waals surface area contributed by atoms with Crippen LogP contribution in [0.1, 0.15) is 23.6 Å². The molecule has 1 N–H and O–H groups in total. The fourth-order valence-corrected chi connectivity index (χ4v) is 3.47. The fourth-order valence-electron chi connectivity index (χ4n) is 3.05. The lowest BCUT2D eigenvalue weighted by Gasteiger charge is -2.19. The zero-order chi connectivity index (χ0) is 16.4. The molecule has 0 spiro atoms. The van der Waals surface area contributed by atoms with Gasteiger partial charge in [-0.1, -0.05) is 70.5 Å². The van der Waals surface area contributed by atoms with Crippen molar-refractivity contribution in [1.82, 2.24) is 0 Å². The lowest BCUT2D eigenvalue weighted by molar-refractivity contribution is 0.828. The highest BCUT2D eigenvalue weighted by molar-refractivity contribution is 9.10. The summed E-state index contributed by atoms with van der Waals surface area (Å²) in [4.78, 5) is 4.95. The monoisotopic (exact) mass is 376 g/mol. The van der Waals surface area contributed by atoms with Crippen LogP contribution >= 0.6 is 15.9 Å². The molecule has 3 aromatic carbocycles. The number of halogens is 1. The largest absolute Gasteiger partial charge is 0.376 e. The van der Waals surface area contributed by atoms with Gasteiger partial charge in [0.15, 0.2) is 0 Å². The van der Waals surface area contributed by atoms with Crippen molar-refractivity contribution in [2.75, 3.05) is 5.32 Å². The van der Waals surface area contributed by atoms with Crippen molar-refractivity contribution >= 4 is 33.0 Å². The first-order valence-electron chi connectivity index (χ1n) is 8.03. The number of benzene rings is 3. The SMILES string of the molecule is Brc1cccc(C2CC(c3ccccc3)=Nc3ccccc3N2)c1. The molecule has 0 aromatic heterocycles. The van der Waals surface area contributed by atoms with E-state index in [0.29, 0.717) is 0 Å². The summed E-state index contributed by atoms with van der Waals surface area (Å²) in [5, 5.41) is 3.67. The molecule has 0 saturated carbocycles. The summed E-state index contributed by atoms with van der Waals surface area (Å²) in [5.41, 5.74) is 5.61. The average molecular weight is 377 g/mol. The van der Waals surface area contributed by atoms with Crippen molar-refractivity contribution in [3.63, 3.8) is 0 Å². The minimum atomic E-state index is 0.185. The molecule has 1 atom stereocenters. The first-order valence-corrected chi connectivity index (χ1v) is 8.83. The number of aliphatic imine (C=N–C) groups is 1. The van der Waals surface area contributed by atoms with Gasteiger partial charge in [-0.05, 0) is 35.4 Å². The van der Waals surface area contributed by atoms with Crippen LogP contribution in [0.3, 0.4) is 0 Å². The Hall–Kier alpha value is -2.39. The second kappa shape index (κ2) is 6.62. The van der Waals surface area contributed by atoms with Crippen LogP contribution < -0.4 is 5.32 Å². The average Bonchev–Trinajstić information content (AvgIpc) is 2.82. The maximum absolute atomic E-state index is 4.95. The lowest BCUT2D eigenvalue weighted by atomic mass is 9.97. The second-order valence-corrected chi connectivity index (χ2v) is 6.81. The molecule has 1 aliphatic heterocycles. The predicted octanol–water partition coefficient (Wildman–Crippen LogP) is 6.13. The van der Waals surface area contributed by atoms with E-state index in [0.717, 1.165) is 28.0 Å². The summed E-state index contributed by atoms with van der Waals surface area (Å²) in [7, 11) is 0. The summed E-state index contributed by atoms with van der Waals surface area (Å²) in [5.74, 6) is 0. The van der Waals surface area contributed by atoms with Crippen molar-refractivity contribution in [2.24, 2.45) is 4.99 Å². The molecule has 4 rings (SSSR count). The van der Waals surface area contributed by atoms with Gasteiger partial charge in [0, 0.05) is 10.9 Å². The van der Waals surface area contributed by atoms with E-state index in [-0.39, 0.29) is 6.04 Å². The molecule has 118 valence electrons. The van der Waals surface area contributed by atoms with Crippen LogP contribution in [-0.4, -0.2) is 5.71 Å². The van der Waals surface area contributed by atoms with Crippen molar-refractivity contribution < 1.29 is 0 Å². The highest BCUT2D eigenvalue weighted by Gasteiger charge is 2.20. The summed E-state index contributed by atoms with van der Waals surface area (Å²) < 4.78 is 1.09. The Morgan fingerprint density at radius 3 is 2.50 bits per heavy atom. The van der Waals surface area contributed by atoms with Gasteiger partial charge in [0.1, 0.15) is 0 Å². The summed E-state index contributed by atoms with van der Waals surface area (Å²) in [6, 6.07) is 27.3. The molecule has 3 heteroatoms. The van der Waals surface area contributed by atoms with Gasteiger partial charge in [-0.2, -0.15) is 0 Å². The number of para-hydroxylation sites is 2. The van der Waals surface area contributed by atoms with Gasteiger partial charge in [-0.25, -0.2) is 0 Å². The van der Waals surface area contributed by atoms with Crippen LogP contribution in [0, 0.1) is 0 Å². The van der Waals surface area contributed by atoms with Crippen LogP contribution in [-0.2, 0) is 0 Å². The molecule has 1 unspecified atom stereocenters. The number of nitrogens with one attached hydrogen (secondary N) is 1. The Labute approximate surface area is 150 Å². The first-order chi connectivity index (χ1) is 11.8. The van der Waals surface area contributed by atoms with Crippen molar-refractivity contribution in [3.05, 3.63) is 94.5 Å². The van der Waals surface area contributed by atoms with Gasteiger partial charge < -0.3 is 5.32 Å². The van der Waals surface area contributed by atoms with Crippen molar-refractivity contribution in [1.29, 1.82) is 0 Å². The molecule has 0 fully saturated rings. The number of hydrogen-bond donors (Lipinski definition) is 1. The van der Waals surface area contributed by atoms with E-state index in [2.05, 4.69) is 81.9 Å². The minimum absolute atomic E-state index is 0.185. The molecule has 0 amide bonds. The van der Waals surface area contributed by atoms with Gasteiger partial charge in [-0.3, -0.25) is 4.99 Å². The van der Waals surface area contributed by atoms with Crippen LogP contribution in [0.5, 0.6) is 0 Å². The first kappa shape index (κ1) is 15.2. The van der Waals surface area contributed by atoms with Gasteiger partial charge >= 0.3 is 0 Å². The van der Waals surface area contributed by atoms with E-state index in [9.17, 15) is 0 Å². The third kappa shape index (κ3) is 3.13. The molecule has 24 heavy (non-hydrogen) atoms. The van der Waals surface area contributed by atoms with E-state index in [1.807, 2.05) is 18.2 Å². The molecule has 0 radical (unpaired) electrons. The molecule has 0 aliphatic carbocycles. The van der Waals surface area contributed by atoms with Gasteiger partial charge in [0.2, 0.25) is 0 Å². The van der Waals surface area contributed by atoms with E-state index in [1.54, 1.807) is 0 Å². The number of nitrogens with zero attached hydrogens (tertiary/aromatic N) is 1. The number of hydrogen-bond acceptors (Lipinski definition) is 2. The molecule has 2 nitrogen and oxygen atoms in total. The van der Waals surface area contributed by atoms with Crippen LogP contribution in [0.15, 0.2) is 88.3 Å². The molecular formula is C21H17BrN2. The summed E-state index contributed by atoms with van der Waals surface area (Å²) in [6.07, 6.45) is 0.842. The van der Waals surface area contributed by atoms with Crippen LogP contribution in [0.4, 0.5) is 11.4 Å². The zero-order valence-electron chi connectivity index (χ0n) is 13.1. The highest BCUT2D eigenvalue weighted by atomic mass is 79.9.